The van der Waals surface area contributed by atoms with Gasteiger partial charge in [0.25, 0.3) is 0 Å². The van der Waals surface area contributed by atoms with E-state index in [9.17, 15) is 4.79 Å². The fraction of sp³-hybridized carbons (Fsp3) is 0.933. The van der Waals surface area contributed by atoms with Crippen molar-refractivity contribution in [2.24, 2.45) is 0 Å². The maximum Gasteiger partial charge on any atom is 0.324 e. The lowest BCUT2D eigenvalue weighted by atomic mass is 10.2. The van der Waals surface area contributed by atoms with Crippen molar-refractivity contribution in [3.63, 3.8) is 0 Å². The Bertz CT molecular complexity index is 310. The fourth-order valence-corrected chi connectivity index (χ4v) is 2.85. The van der Waals surface area contributed by atoms with Crippen LogP contribution in [0.2, 0.25) is 0 Å². The van der Waals surface area contributed by atoms with E-state index >= 15 is 0 Å². The van der Waals surface area contributed by atoms with E-state index in [0.29, 0.717) is 6.61 Å². The van der Waals surface area contributed by atoms with E-state index < -0.39 is 0 Å². The number of esters is 1. The number of carbonyl (C=O) groups excluding carboxylic acids is 1. The molecule has 1 saturated carbocycles. The Morgan fingerprint density at radius 3 is 2.40 bits per heavy atom. The Labute approximate surface area is 122 Å². The Morgan fingerprint density at radius 1 is 1.25 bits per heavy atom. The highest BCUT2D eigenvalue weighted by Gasteiger charge is 2.32. The molecule has 2 fully saturated rings. The van der Waals surface area contributed by atoms with Crippen LogP contribution in [0.15, 0.2) is 0 Å². The van der Waals surface area contributed by atoms with Crippen molar-refractivity contribution in [2.45, 2.75) is 51.7 Å². The molecule has 0 bridgehead atoms. The first-order valence-corrected chi connectivity index (χ1v) is 7.99. The molecule has 1 aliphatic carbocycles. The average molecular weight is 283 g/mol. The van der Waals surface area contributed by atoms with Crippen LogP contribution in [-0.4, -0.2) is 73.2 Å². The molecule has 0 amide bonds. The number of nitrogens with zero attached hydrogens (tertiary/aromatic N) is 2. The number of hydrogen-bond donors (Lipinski definition) is 1. The number of nitrogens with one attached hydrogen (secondary N) is 1. The molecule has 1 saturated heterocycles. The number of piperazine rings is 1. The molecule has 0 radical (unpaired) electrons. The number of hydrogen-bond acceptors (Lipinski definition) is 5. The van der Waals surface area contributed by atoms with Crippen LogP contribution in [0.3, 0.4) is 0 Å². The molecule has 0 spiro atoms. The van der Waals surface area contributed by atoms with Crippen molar-refractivity contribution in [1.29, 1.82) is 0 Å². The SMILES string of the molecule is CCOC(=O)C(CN1CCN(C2CC2)CC1)NC(C)C. The fourth-order valence-electron chi connectivity index (χ4n) is 2.85. The maximum atomic E-state index is 12.0. The standard InChI is InChI=1S/C15H29N3O2/c1-4-20-15(19)14(16-12(2)3)11-17-7-9-18(10-8-17)13-5-6-13/h12-14,16H,4-11H2,1-3H3. The molecule has 5 nitrogen and oxygen atoms in total. The summed E-state index contributed by atoms with van der Waals surface area (Å²) in [6.07, 6.45) is 2.75. The van der Waals surface area contributed by atoms with Gasteiger partial charge in [-0.1, -0.05) is 13.8 Å². The predicted molar refractivity (Wildman–Crippen MR) is 79.7 cm³/mol. The average Bonchev–Trinajstić information content (AvgIpc) is 3.23. The molecule has 1 heterocycles. The lowest BCUT2D eigenvalue weighted by Gasteiger charge is -2.36. The van der Waals surface area contributed by atoms with Crippen LogP contribution in [0.4, 0.5) is 0 Å². The number of rotatable bonds is 7. The van der Waals surface area contributed by atoms with Gasteiger partial charge in [-0.25, -0.2) is 0 Å². The van der Waals surface area contributed by atoms with Gasteiger partial charge in [0.1, 0.15) is 6.04 Å². The van der Waals surface area contributed by atoms with Gasteiger partial charge in [-0.2, -0.15) is 0 Å². The zero-order valence-corrected chi connectivity index (χ0v) is 13.1. The maximum absolute atomic E-state index is 12.0. The molecule has 5 heteroatoms. The highest BCUT2D eigenvalue weighted by atomic mass is 16.5. The Morgan fingerprint density at radius 2 is 1.90 bits per heavy atom. The summed E-state index contributed by atoms with van der Waals surface area (Å²) in [6.45, 7) is 11.6. The Kier molecular flexibility index (Phi) is 5.81. The minimum Gasteiger partial charge on any atom is -0.465 e. The van der Waals surface area contributed by atoms with Crippen molar-refractivity contribution in [3.05, 3.63) is 0 Å². The van der Waals surface area contributed by atoms with E-state index in [1.807, 2.05) is 6.92 Å². The summed E-state index contributed by atoms with van der Waals surface area (Å²) >= 11 is 0. The molecule has 1 unspecified atom stereocenters. The van der Waals surface area contributed by atoms with Gasteiger partial charge in [0.05, 0.1) is 6.61 Å². The van der Waals surface area contributed by atoms with E-state index in [0.717, 1.165) is 38.8 Å². The van der Waals surface area contributed by atoms with Crippen LogP contribution < -0.4 is 5.32 Å². The monoisotopic (exact) mass is 283 g/mol. The second-order valence-corrected chi connectivity index (χ2v) is 6.19. The normalized spacial score (nSPS) is 23.0. The zero-order valence-electron chi connectivity index (χ0n) is 13.1. The molecule has 0 aromatic rings. The first-order chi connectivity index (χ1) is 9.60. The van der Waals surface area contributed by atoms with Crippen molar-refractivity contribution >= 4 is 5.97 Å². The third kappa shape index (κ3) is 4.72. The second kappa shape index (κ2) is 7.38. The molecule has 1 aliphatic heterocycles. The third-order valence-corrected chi connectivity index (χ3v) is 4.02. The van der Waals surface area contributed by atoms with Crippen molar-refractivity contribution in [1.82, 2.24) is 15.1 Å². The molecule has 116 valence electrons. The van der Waals surface area contributed by atoms with Crippen LogP contribution in [0, 0.1) is 0 Å². The Hall–Kier alpha value is -0.650. The lowest BCUT2D eigenvalue weighted by Crippen LogP contribution is -2.54. The van der Waals surface area contributed by atoms with Gasteiger partial charge in [-0.05, 0) is 19.8 Å². The van der Waals surface area contributed by atoms with Crippen LogP contribution in [0.5, 0.6) is 0 Å². The third-order valence-electron chi connectivity index (χ3n) is 4.02. The molecule has 0 aromatic heterocycles. The van der Waals surface area contributed by atoms with Gasteiger partial charge in [-0.15, -0.1) is 0 Å². The topological polar surface area (TPSA) is 44.8 Å². The molecular formula is C15H29N3O2. The smallest absolute Gasteiger partial charge is 0.324 e. The Balaban J connectivity index is 1.79. The van der Waals surface area contributed by atoms with Crippen molar-refractivity contribution in [3.8, 4) is 0 Å². The van der Waals surface area contributed by atoms with Gasteiger partial charge in [-0.3, -0.25) is 14.6 Å². The van der Waals surface area contributed by atoms with Crippen LogP contribution in [-0.2, 0) is 9.53 Å². The number of ether oxygens (including phenoxy) is 1. The summed E-state index contributed by atoms with van der Waals surface area (Å²) in [5.41, 5.74) is 0. The van der Waals surface area contributed by atoms with E-state index in [4.69, 9.17) is 4.74 Å². The van der Waals surface area contributed by atoms with Crippen LogP contribution in [0.1, 0.15) is 33.6 Å². The van der Waals surface area contributed by atoms with Crippen LogP contribution in [0.25, 0.3) is 0 Å². The second-order valence-electron chi connectivity index (χ2n) is 6.19. The summed E-state index contributed by atoms with van der Waals surface area (Å²) in [4.78, 5) is 17.0. The summed E-state index contributed by atoms with van der Waals surface area (Å²) in [6, 6.07) is 0.936. The zero-order chi connectivity index (χ0) is 14.5. The van der Waals surface area contributed by atoms with E-state index in [-0.39, 0.29) is 18.1 Å². The highest BCUT2D eigenvalue weighted by Crippen LogP contribution is 2.27. The summed E-state index contributed by atoms with van der Waals surface area (Å²) in [7, 11) is 0. The quantitative estimate of drug-likeness (QED) is 0.697. The van der Waals surface area contributed by atoms with Crippen molar-refractivity contribution < 1.29 is 9.53 Å². The van der Waals surface area contributed by atoms with Crippen molar-refractivity contribution in [2.75, 3.05) is 39.3 Å². The van der Waals surface area contributed by atoms with E-state index in [2.05, 4.69) is 29.0 Å². The largest absolute Gasteiger partial charge is 0.465 e. The molecule has 0 aromatic carbocycles. The minimum absolute atomic E-state index is 0.120. The first-order valence-electron chi connectivity index (χ1n) is 7.99. The minimum atomic E-state index is -0.206. The molecule has 1 N–H and O–H groups in total. The van der Waals surface area contributed by atoms with Gasteiger partial charge in [0.15, 0.2) is 0 Å². The molecule has 2 aliphatic rings. The number of carbonyl (C=O) groups is 1. The van der Waals surface area contributed by atoms with E-state index in [1.54, 1.807) is 0 Å². The predicted octanol–water partition coefficient (Wildman–Crippen LogP) is 0.696. The molecule has 20 heavy (non-hydrogen) atoms. The van der Waals surface area contributed by atoms with Gasteiger partial charge >= 0.3 is 5.97 Å². The molecule has 2 rings (SSSR count). The summed E-state index contributed by atoms with van der Waals surface area (Å²) < 4.78 is 5.18. The lowest BCUT2D eigenvalue weighted by molar-refractivity contribution is -0.146. The van der Waals surface area contributed by atoms with Gasteiger partial charge < -0.3 is 10.1 Å². The van der Waals surface area contributed by atoms with Gasteiger partial charge in [0.2, 0.25) is 0 Å². The summed E-state index contributed by atoms with van der Waals surface area (Å²) in [5, 5.41) is 3.33. The summed E-state index contributed by atoms with van der Waals surface area (Å²) in [5.74, 6) is -0.120. The van der Waals surface area contributed by atoms with Crippen LogP contribution >= 0.6 is 0 Å². The van der Waals surface area contributed by atoms with E-state index in [1.165, 1.54) is 12.8 Å². The highest BCUT2D eigenvalue weighted by molar-refractivity contribution is 5.76. The first kappa shape index (κ1) is 15.7. The molecule has 1 atom stereocenters. The van der Waals surface area contributed by atoms with Gasteiger partial charge in [0, 0.05) is 44.8 Å². The molecular weight excluding hydrogens is 254 g/mol.